The van der Waals surface area contributed by atoms with Gasteiger partial charge in [0.25, 0.3) is 0 Å². The Morgan fingerprint density at radius 2 is 2.17 bits per heavy atom. The number of sulfone groups is 1. The van der Waals surface area contributed by atoms with Crippen molar-refractivity contribution >= 4 is 27.1 Å². The Morgan fingerprint density at radius 1 is 1.39 bits per heavy atom. The second-order valence-electron chi connectivity index (χ2n) is 5.98. The molecule has 2 aromatic rings. The maximum atomic E-state index is 12.3. The van der Waals surface area contributed by atoms with Crippen LogP contribution in [-0.2, 0) is 14.6 Å². The molecular weight excluding hydrogens is 332 g/mol. The molecule has 0 radical (unpaired) electrons. The fourth-order valence-electron chi connectivity index (χ4n) is 2.95. The van der Waals surface area contributed by atoms with Crippen LogP contribution in [0, 0.1) is 5.92 Å². The molecule has 3 heterocycles. The molecule has 0 bridgehead atoms. The molecule has 0 spiro atoms. The lowest BCUT2D eigenvalue weighted by Gasteiger charge is -2.18. The molecule has 23 heavy (non-hydrogen) atoms. The number of nitrogens with zero attached hydrogens (tertiary/aromatic N) is 1. The molecule has 124 valence electrons. The molecule has 0 aromatic carbocycles. The zero-order chi connectivity index (χ0) is 16.3. The second-order valence-corrected chi connectivity index (χ2v) is 8.99. The highest BCUT2D eigenvalue weighted by atomic mass is 32.2. The lowest BCUT2D eigenvalue weighted by atomic mass is 10.1. The van der Waals surface area contributed by atoms with Gasteiger partial charge in [0, 0.05) is 18.9 Å². The van der Waals surface area contributed by atoms with Crippen molar-refractivity contribution in [3.05, 3.63) is 46.9 Å². The Kier molecular flexibility index (Phi) is 4.87. The highest BCUT2D eigenvalue weighted by Crippen LogP contribution is 2.24. The number of carbonyl (C=O) groups is 1. The molecule has 1 fully saturated rings. The third kappa shape index (κ3) is 4.23. The van der Waals surface area contributed by atoms with E-state index < -0.39 is 9.84 Å². The number of aromatic nitrogens is 1. The zero-order valence-corrected chi connectivity index (χ0v) is 14.4. The van der Waals surface area contributed by atoms with Crippen molar-refractivity contribution in [1.82, 2.24) is 9.88 Å². The summed E-state index contributed by atoms with van der Waals surface area (Å²) in [6.07, 6.45) is 4.91. The highest BCUT2D eigenvalue weighted by molar-refractivity contribution is 7.91. The summed E-state index contributed by atoms with van der Waals surface area (Å²) in [5.74, 6) is 0.446. The Labute approximate surface area is 140 Å². The lowest BCUT2D eigenvalue weighted by molar-refractivity contribution is -0.121. The largest absolute Gasteiger partial charge is 0.356 e. The van der Waals surface area contributed by atoms with Crippen molar-refractivity contribution in [3.8, 4) is 0 Å². The van der Waals surface area contributed by atoms with Crippen molar-refractivity contribution in [2.24, 2.45) is 5.92 Å². The maximum Gasteiger partial charge on any atom is 0.222 e. The Hall–Kier alpha value is -1.60. The Bertz CT molecular complexity index is 702. The summed E-state index contributed by atoms with van der Waals surface area (Å²) in [5, 5.41) is 6.97. The van der Waals surface area contributed by atoms with Crippen LogP contribution < -0.4 is 5.32 Å². The number of thiophene rings is 1. The van der Waals surface area contributed by atoms with Crippen molar-refractivity contribution in [1.29, 1.82) is 0 Å². The first kappa shape index (κ1) is 16.3. The van der Waals surface area contributed by atoms with E-state index in [1.54, 1.807) is 11.3 Å². The van der Waals surface area contributed by atoms with Crippen LogP contribution in [0.3, 0.4) is 0 Å². The molecule has 2 aromatic heterocycles. The summed E-state index contributed by atoms with van der Waals surface area (Å²) in [4.78, 5) is 12.3. The van der Waals surface area contributed by atoms with Gasteiger partial charge in [0.1, 0.15) is 0 Å². The number of carbonyl (C=O) groups excluding carboxylic acids is 1. The van der Waals surface area contributed by atoms with Crippen molar-refractivity contribution in [2.75, 3.05) is 18.1 Å². The van der Waals surface area contributed by atoms with E-state index in [1.807, 2.05) is 40.5 Å². The predicted molar refractivity (Wildman–Crippen MR) is 91.3 cm³/mol. The fraction of sp³-hybridized carbons (Fsp3) is 0.438. The molecule has 1 N–H and O–H groups in total. The van der Waals surface area contributed by atoms with Gasteiger partial charge in [0.05, 0.1) is 24.0 Å². The maximum absolute atomic E-state index is 12.3. The van der Waals surface area contributed by atoms with Crippen LogP contribution in [0.4, 0.5) is 0 Å². The quantitative estimate of drug-likeness (QED) is 0.865. The lowest BCUT2D eigenvalue weighted by Crippen LogP contribution is -2.31. The fourth-order valence-corrected chi connectivity index (χ4v) is 5.52. The van der Waals surface area contributed by atoms with Gasteiger partial charge in [-0.2, -0.15) is 11.3 Å². The van der Waals surface area contributed by atoms with Gasteiger partial charge in [0.15, 0.2) is 9.84 Å². The van der Waals surface area contributed by atoms with Crippen molar-refractivity contribution < 1.29 is 13.2 Å². The minimum atomic E-state index is -2.89. The summed E-state index contributed by atoms with van der Waals surface area (Å²) in [6, 6.07) is 5.90. The number of hydrogen-bond donors (Lipinski definition) is 1. The molecule has 1 aliphatic heterocycles. The van der Waals surface area contributed by atoms with E-state index in [9.17, 15) is 13.2 Å². The van der Waals surface area contributed by atoms with Crippen LogP contribution in [0.15, 0.2) is 41.4 Å². The zero-order valence-electron chi connectivity index (χ0n) is 12.7. The van der Waals surface area contributed by atoms with Crippen molar-refractivity contribution in [3.63, 3.8) is 0 Å². The molecule has 0 saturated carbocycles. The van der Waals surface area contributed by atoms with E-state index >= 15 is 0 Å². The van der Waals surface area contributed by atoms with E-state index in [2.05, 4.69) is 10.7 Å². The molecular formula is C16H20N2O3S2. The van der Waals surface area contributed by atoms with E-state index in [-0.39, 0.29) is 29.4 Å². The van der Waals surface area contributed by atoms with Crippen LogP contribution in [0.2, 0.25) is 0 Å². The van der Waals surface area contributed by atoms with Crippen LogP contribution in [0.25, 0.3) is 0 Å². The van der Waals surface area contributed by atoms with Gasteiger partial charge in [-0.15, -0.1) is 0 Å². The first-order valence-electron chi connectivity index (χ1n) is 7.65. The van der Waals surface area contributed by atoms with Gasteiger partial charge in [-0.1, -0.05) is 0 Å². The average Bonchev–Trinajstić information content (AvgIpc) is 3.24. The van der Waals surface area contributed by atoms with Crippen LogP contribution >= 0.6 is 11.3 Å². The van der Waals surface area contributed by atoms with E-state index in [0.29, 0.717) is 19.4 Å². The molecule has 1 aliphatic rings. The van der Waals surface area contributed by atoms with Gasteiger partial charge in [-0.25, -0.2) is 8.42 Å². The first-order valence-corrected chi connectivity index (χ1v) is 10.4. The van der Waals surface area contributed by atoms with Gasteiger partial charge >= 0.3 is 0 Å². The molecule has 5 nitrogen and oxygen atoms in total. The van der Waals surface area contributed by atoms with Gasteiger partial charge < -0.3 is 9.88 Å². The molecule has 1 saturated heterocycles. The van der Waals surface area contributed by atoms with Gasteiger partial charge in [-0.3, -0.25) is 4.79 Å². The minimum Gasteiger partial charge on any atom is -0.356 e. The van der Waals surface area contributed by atoms with Crippen LogP contribution in [0.1, 0.15) is 24.4 Å². The Morgan fingerprint density at radius 3 is 2.78 bits per heavy atom. The normalized spacial score (nSPS) is 21.1. The molecule has 2 atom stereocenters. The summed E-state index contributed by atoms with van der Waals surface area (Å²) in [6.45, 7) is 0.445. The highest BCUT2D eigenvalue weighted by Gasteiger charge is 2.28. The number of hydrogen-bond acceptors (Lipinski definition) is 4. The third-order valence-electron chi connectivity index (χ3n) is 4.21. The molecule has 0 aliphatic carbocycles. The van der Waals surface area contributed by atoms with Crippen LogP contribution in [0.5, 0.6) is 0 Å². The van der Waals surface area contributed by atoms with Gasteiger partial charge in [0.2, 0.25) is 5.91 Å². The van der Waals surface area contributed by atoms with Crippen LogP contribution in [-0.4, -0.2) is 36.9 Å². The predicted octanol–water partition coefficient (Wildman–Crippen LogP) is 2.08. The smallest absolute Gasteiger partial charge is 0.222 e. The molecule has 7 heteroatoms. The summed E-state index contributed by atoms with van der Waals surface area (Å²) >= 11 is 1.61. The van der Waals surface area contributed by atoms with E-state index in [4.69, 9.17) is 0 Å². The Balaban J connectivity index is 1.59. The number of nitrogens with one attached hydrogen (secondary N) is 1. The summed E-state index contributed by atoms with van der Waals surface area (Å²) in [5.41, 5.74) is 1.12. The minimum absolute atomic E-state index is 0.0245. The first-order chi connectivity index (χ1) is 11.0. The SMILES string of the molecule is O=C(CC(c1ccsc1)n1cccc1)NCC1CCS(=O)(=O)C1. The number of rotatable bonds is 6. The second kappa shape index (κ2) is 6.88. The average molecular weight is 352 g/mol. The van der Waals surface area contributed by atoms with E-state index in [0.717, 1.165) is 5.56 Å². The van der Waals surface area contributed by atoms with Crippen molar-refractivity contribution in [2.45, 2.75) is 18.9 Å². The van der Waals surface area contributed by atoms with E-state index in [1.165, 1.54) is 0 Å². The molecule has 3 rings (SSSR count). The summed E-state index contributed by atoms with van der Waals surface area (Å²) < 4.78 is 24.9. The topological polar surface area (TPSA) is 68.2 Å². The summed E-state index contributed by atoms with van der Waals surface area (Å²) in [7, 11) is -2.89. The molecule has 1 amide bonds. The standard InChI is InChI=1S/C16H20N2O3S2/c19-16(17-10-13-4-8-23(20,21)12-13)9-15(14-3-7-22-11-14)18-5-1-2-6-18/h1-3,5-7,11,13,15H,4,8-10,12H2,(H,17,19). The van der Waals surface area contributed by atoms with Gasteiger partial charge in [-0.05, 0) is 46.9 Å². The number of amides is 1. The molecule has 2 unspecified atom stereocenters. The third-order valence-corrected chi connectivity index (χ3v) is 6.75. The monoisotopic (exact) mass is 352 g/mol.